The standard InChI is InChI=1S/C11H18O3/c1-4-7-8-9(12)11(5-2,6-3)10(13)14/h4H,1,5-8H2,2-3H3,(H,13,14). The Labute approximate surface area is 84.8 Å². The molecule has 0 aromatic carbocycles. The Morgan fingerprint density at radius 2 is 1.86 bits per heavy atom. The molecule has 0 aliphatic rings. The van der Waals surface area contributed by atoms with Crippen molar-refractivity contribution >= 4 is 11.8 Å². The number of Topliss-reactive ketones (excluding diaryl/α,β-unsaturated/α-hetero) is 1. The molecule has 14 heavy (non-hydrogen) atoms. The Morgan fingerprint density at radius 1 is 1.36 bits per heavy atom. The predicted molar refractivity (Wildman–Crippen MR) is 55.1 cm³/mol. The number of carbonyl (C=O) groups excluding carboxylic acids is 1. The zero-order chi connectivity index (χ0) is 11.2. The molecule has 0 amide bonds. The Bertz CT molecular complexity index is 227. The van der Waals surface area contributed by atoms with Crippen LogP contribution >= 0.6 is 0 Å². The highest BCUT2D eigenvalue weighted by molar-refractivity contribution is 6.02. The van der Waals surface area contributed by atoms with Crippen molar-refractivity contribution in [2.75, 3.05) is 0 Å². The number of carboxylic acids is 1. The average molecular weight is 198 g/mol. The molecule has 0 saturated carbocycles. The van der Waals surface area contributed by atoms with Crippen molar-refractivity contribution in [3.05, 3.63) is 12.7 Å². The number of hydrogen-bond donors (Lipinski definition) is 1. The maximum absolute atomic E-state index is 11.7. The lowest BCUT2D eigenvalue weighted by atomic mass is 9.77. The molecule has 0 rings (SSSR count). The topological polar surface area (TPSA) is 54.4 Å². The lowest BCUT2D eigenvalue weighted by molar-refractivity contribution is -0.155. The summed E-state index contributed by atoms with van der Waals surface area (Å²) >= 11 is 0. The first-order chi connectivity index (χ1) is 6.55. The number of carbonyl (C=O) groups is 2. The molecular weight excluding hydrogens is 180 g/mol. The van der Waals surface area contributed by atoms with Crippen LogP contribution in [0.1, 0.15) is 39.5 Å². The van der Waals surface area contributed by atoms with Crippen LogP contribution in [-0.2, 0) is 9.59 Å². The van der Waals surface area contributed by atoms with Gasteiger partial charge in [0.25, 0.3) is 0 Å². The van der Waals surface area contributed by atoms with Crippen LogP contribution in [0.5, 0.6) is 0 Å². The van der Waals surface area contributed by atoms with E-state index in [-0.39, 0.29) is 12.2 Å². The summed E-state index contributed by atoms with van der Waals surface area (Å²) < 4.78 is 0. The summed E-state index contributed by atoms with van der Waals surface area (Å²) in [5.41, 5.74) is -1.18. The monoisotopic (exact) mass is 198 g/mol. The van der Waals surface area contributed by atoms with Gasteiger partial charge in [0.15, 0.2) is 0 Å². The molecule has 0 aromatic rings. The second-order valence-corrected chi connectivity index (χ2v) is 3.34. The van der Waals surface area contributed by atoms with Crippen molar-refractivity contribution in [2.24, 2.45) is 5.41 Å². The highest BCUT2D eigenvalue weighted by Gasteiger charge is 2.41. The summed E-state index contributed by atoms with van der Waals surface area (Å²) in [7, 11) is 0. The third kappa shape index (κ3) is 2.44. The van der Waals surface area contributed by atoms with Crippen molar-refractivity contribution in [3.63, 3.8) is 0 Å². The molecule has 0 aliphatic heterocycles. The fourth-order valence-corrected chi connectivity index (χ4v) is 1.54. The van der Waals surface area contributed by atoms with Gasteiger partial charge < -0.3 is 5.11 Å². The lowest BCUT2D eigenvalue weighted by Crippen LogP contribution is -2.38. The highest BCUT2D eigenvalue weighted by atomic mass is 16.4. The first kappa shape index (κ1) is 12.9. The molecule has 0 spiro atoms. The van der Waals surface area contributed by atoms with Crippen LogP contribution in [0.2, 0.25) is 0 Å². The average Bonchev–Trinajstić information content (AvgIpc) is 2.17. The molecular formula is C11H18O3. The van der Waals surface area contributed by atoms with Crippen LogP contribution in [0.4, 0.5) is 0 Å². The fourth-order valence-electron chi connectivity index (χ4n) is 1.54. The van der Waals surface area contributed by atoms with E-state index < -0.39 is 11.4 Å². The predicted octanol–water partition coefficient (Wildman–Crippen LogP) is 2.41. The largest absolute Gasteiger partial charge is 0.480 e. The Morgan fingerprint density at radius 3 is 2.14 bits per heavy atom. The van der Waals surface area contributed by atoms with Gasteiger partial charge in [-0.2, -0.15) is 0 Å². The Balaban J connectivity index is 4.71. The first-order valence-electron chi connectivity index (χ1n) is 4.92. The quantitative estimate of drug-likeness (QED) is 0.505. The van der Waals surface area contributed by atoms with E-state index >= 15 is 0 Å². The maximum atomic E-state index is 11.7. The van der Waals surface area contributed by atoms with Crippen LogP contribution in [0.15, 0.2) is 12.7 Å². The second kappa shape index (κ2) is 5.58. The van der Waals surface area contributed by atoms with Gasteiger partial charge in [0, 0.05) is 6.42 Å². The molecule has 3 heteroatoms. The van der Waals surface area contributed by atoms with Crippen LogP contribution in [0.3, 0.4) is 0 Å². The molecule has 3 nitrogen and oxygen atoms in total. The third-order valence-electron chi connectivity index (χ3n) is 2.73. The lowest BCUT2D eigenvalue weighted by Gasteiger charge is -2.24. The van der Waals surface area contributed by atoms with E-state index in [9.17, 15) is 9.59 Å². The SMILES string of the molecule is C=CCCC(=O)C(CC)(CC)C(=O)O. The number of carboxylic acid groups (broad SMARTS) is 1. The Hall–Kier alpha value is -1.12. The van der Waals surface area contributed by atoms with Gasteiger partial charge in [-0.25, -0.2) is 0 Å². The van der Waals surface area contributed by atoms with Crippen molar-refractivity contribution in [2.45, 2.75) is 39.5 Å². The van der Waals surface area contributed by atoms with Crippen molar-refractivity contribution in [1.29, 1.82) is 0 Å². The van der Waals surface area contributed by atoms with E-state index in [2.05, 4.69) is 6.58 Å². The summed E-state index contributed by atoms with van der Waals surface area (Å²) in [6.45, 7) is 6.99. The van der Waals surface area contributed by atoms with Crippen LogP contribution < -0.4 is 0 Å². The van der Waals surface area contributed by atoms with Gasteiger partial charge in [0.1, 0.15) is 11.2 Å². The van der Waals surface area contributed by atoms with Crippen molar-refractivity contribution in [3.8, 4) is 0 Å². The van der Waals surface area contributed by atoms with Gasteiger partial charge in [-0.1, -0.05) is 19.9 Å². The number of hydrogen-bond acceptors (Lipinski definition) is 2. The van der Waals surface area contributed by atoms with E-state index in [0.717, 1.165) is 0 Å². The minimum atomic E-state index is -1.18. The maximum Gasteiger partial charge on any atom is 0.317 e. The molecule has 0 bridgehead atoms. The number of ketones is 1. The number of aliphatic carboxylic acids is 1. The minimum Gasteiger partial charge on any atom is -0.480 e. The van der Waals surface area contributed by atoms with Crippen LogP contribution in [0.25, 0.3) is 0 Å². The normalized spacial score (nSPS) is 11.0. The van der Waals surface area contributed by atoms with Gasteiger partial charge >= 0.3 is 5.97 Å². The highest BCUT2D eigenvalue weighted by Crippen LogP contribution is 2.29. The summed E-state index contributed by atoms with van der Waals surface area (Å²) in [5, 5.41) is 9.05. The van der Waals surface area contributed by atoms with E-state index in [1.807, 2.05) is 0 Å². The molecule has 0 aromatic heterocycles. The molecule has 0 saturated heterocycles. The van der Waals surface area contributed by atoms with Gasteiger partial charge in [0.05, 0.1) is 0 Å². The molecule has 80 valence electrons. The van der Waals surface area contributed by atoms with Gasteiger partial charge in [0.2, 0.25) is 0 Å². The van der Waals surface area contributed by atoms with E-state index in [1.165, 1.54) is 0 Å². The van der Waals surface area contributed by atoms with Crippen molar-refractivity contribution in [1.82, 2.24) is 0 Å². The van der Waals surface area contributed by atoms with E-state index in [0.29, 0.717) is 19.3 Å². The smallest absolute Gasteiger partial charge is 0.317 e. The molecule has 0 aliphatic carbocycles. The van der Waals surface area contributed by atoms with Crippen LogP contribution in [0, 0.1) is 5.41 Å². The Kier molecular flexibility index (Phi) is 5.13. The number of rotatable bonds is 7. The summed E-state index contributed by atoms with van der Waals surface area (Å²) in [4.78, 5) is 22.7. The van der Waals surface area contributed by atoms with Crippen molar-refractivity contribution < 1.29 is 14.7 Å². The minimum absolute atomic E-state index is 0.185. The fraction of sp³-hybridized carbons (Fsp3) is 0.636. The van der Waals surface area contributed by atoms with Crippen LogP contribution in [-0.4, -0.2) is 16.9 Å². The molecule has 0 atom stereocenters. The summed E-state index contributed by atoms with van der Waals surface area (Å²) in [6, 6.07) is 0. The first-order valence-corrected chi connectivity index (χ1v) is 4.92. The third-order valence-corrected chi connectivity index (χ3v) is 2.73. The van der Waals surface area contributed by atoms with E-state index in [4.69, 9.17) is 5.11 Å². The molecule has 0 radical (unpaired) electrons. The zero-order valence-corrected chi connectivity index (χ0v) is 8.88. The molecule has 0 heterocycles. The van der Waals surface area contributed by atoms with Gasteiger partial charge in [-0.05, 0) is 19.3 Å². The molecule has 1 N–H and O–H groups in total. The summed E-state index contributed by atoms with van der Waals surface area (Å²) in [6.07, 6.45) is 3.17. The summed E-state index contributed by atoms with van der Waals surface area (Å²) in [5.74, 6) is -1.19. The number of allylic oxidation sites excluding steroid dienone is 1. The van der Waals surface area contributed by atoms with Gasteiger partial charge in [-0.3, -0.25) is 9.59 Å². The zero-order valence-electron chi connectivity index (χ0n) is 8.88. The second-order valence-electron chi connectivity index (χ2n) is 3.34. The van der Waals surface area contributed by atoms with E-state index in [1.54, 1.807) is 19.9 Å². The van der Waals surface area contributed by atoms with Gasteiger partial charge in [-0.15, -0.1) is 6.58 Å². The molecule has 0 fully saturated rings. The molecule has 0 unspecified atom stereocenters.